The monoisotopic (exact) mass is 334 g/mol. The van der Waals surface area contributed by atoms with Crippen molar-refractivity contribution in [1.29, 1.82) is 0 Å². The van der Waals surface area contributed by atoms with Gasteiger partial charge < -0.3 is 19.9 Å². The second-order valence-electron chi connectivity index (χ2n) is 5.47. The average Bonchev–Trinajstić information content (AvgIpc) is 2.64. The third-order valence-electron chi connectivity index (χ3n) is 3.80. The Morgan fingerprint density at radius 2 is 2.08 bits per heavy atom. The van der Waals surface area contributed by atoms with E-state index in [0.717, 1.165) is 12.8 Å². The molecule has 2 rings (SSSR count). The van der Waals surface area contributed by atoms with Gasteiger partial charge in [0.15, 0.2) is 0 Å². The number of methoxy groups -OCH3 is 1. The Hall–Kier alpha value is -2.48. The smallest absolute Gasteiger partial charge is 0.272 e. The van der Waals surface area contributed by atoms with Crippen LogP contribution in [0, 0.1) is 0 Å². The molecule has 0 aromatic carbocycles. The van der Waals surface area contributed by atoms with Crippen LogP contribution in [-0.2, 0) is 9.53 Å². The van der Waals surface area contributed by atoms with Crippen LogP contribution >= 0.6 is 0 Å². The van der Waals surface area contributed by atoms with Crippen LogP contribution in [0.4, 0.5) is 0 Å². The quantitative estimate of drug-likeness (QED) is 0.549. The molecule has 1 N–H and O–H groups in total. The minimum absolute atomic E-state index is 0.227. The molecule has 0 unspecified atom stereocenters. The van der Waals surface area contributed by atoms with Crippen molar-refractivity contribution in [2.45, 2.75) is 6.42 Å². The van der Waals surface area contributed by atoms with E-state index in [2.05, 4.69) is 10.3 Å². The predicted octanol–water partition coefficient (Wildman–Crippen LogP) is -0.238. The SMILES string of the molecule is COCCCNC(=O)c1ccnc(C(=O)N2CCN(C=O)CC2)c1. The van der Waals surface area contributed by atoms with Gasteiger partial charge in [-0.05, 0) is 18.6 Å². The maximum atomic E-state index is 12.5. The summed E-state index contributed by atoms with van der Waals surface area (Å²) in [5.41, 5.74) is 0.636. The zero-order valence-electron chi connectivity index (χ0n) is 13.7. The predicted molar refractivity (Wildman–Crippen MR) is 86.6 cm³/mol. The van der Waals surface area contributed by atoms with Gasteiger partial charge >= 0.3 is 0 Å². The largest absolute Gasteiger partial charge is 0.385 e. The van der Waals surface area contributed by atoms with Gasteiger partial charge in [0.25, 0.3) is 11.8 Å². The fourth-order valence-corrected chi connectivity index (χ4v) is 2.40. The lowest BCUT2D eigenvalue weighted by atomic mass is 10.2. The van der Waals surface area contributed by atoms with Crippen molar-refractivity contribution in [3.05, 3.63) is 29.6 Å². The lowest BCUT2D eigenvalue weighted by molar-refractivity contribution is -0.119. The van der Waals surface area contributed by atoms with E-state index < -0.39 is 0 Å². The number of nitrogens with zero attached hydrogens (tertiary/aromatic N) is 3. The summed E-state index contributed by atoms with van der Waals surface area (Å²) in [6.07, 6.45) is 2.97. The van der Waals surface area contributed by atoms with Gasteiger partial charge in [-0.25, -0.2) is 0 Å². The molecule has 1 aliphatic heterocycles. The molecule has 1 saturated heterocycles. The molecule has 130 valence electrons. The Kier molecular flexibility index (Phi) is 6.68. The number of hydrogen-bond donors (Lipinski definition) is 1. The Bertz CT molecular complexity index is 585. The number of pyridine rings is 1. The number of aromatic nitrogens is 1. The van der Waals surface area contributed by atoms with Crippen molar-refractivity contribution in [2.24, 2.45) is 0 Å². The van der Waals surface area contributed by atoms with Crippen molar-refractivity contribution in [3.63, 3.8) is 0 Å². The van der Waals surface area contributed by atoms with Crippen molar-refractivity contribution in [2.75, 3.05) is 46.4 Å². The van der Waals surface area contributed by atoms with Gasteiger partial charge in [-0.3, -0.25) is 19.4 Å². The zero-order valence-corrected chi connectivity index (χ0v) is 13.7. The third kappa shape index (κ3) is 4.76. The van der Waals surface area contributed by atoms with Crippen LogP contribution in [0.2, 0.25) is 0 Å². The standard InChI is InChI=1S/C16H22N4O4/c1-24-10-2-4-18-15(22)13-3-5-17-14(11-13)16(23)20-8-6-19(12-21)7-9-20/h3,5,11-12H,2,4,6-10H2,1H3,(H,18,22). The van der Waals surface area contributed by atoms with Gasteiger partial charge in [-0.15, -0.1) is 0 Å². The van der Waals surface area contributed by atoms with E-state index in [1.54, 1.807) is 23.0 Å². The molecule has 0 bridgehead atoms. The van der Waals surface area contributed by atoms with Gasteiger partial charge in [0, 0.05) is 58.2 Å². The fourth-order valence-electron chi connectivity index (χ4n) is 2.40. The molecule has 8 heteroatoms. The van der Waals surface area contributed by atoms with Crippen LogP contribution in [0.1, 0.15) is 27.3 Å². The van der Waals surface area contributed by atoms with Gasteiger partial charge in [-0.2, -0.15) is 0 Å². The van der Waals surface area contributed by atoms with E-state index in [1.165, 1.54) is 12.3 Å². The first-order valence-electron chi connectivity index (χ1n) is 7.87. The third-order valence-corrected chi connectivity index (χ3v) is 3.80. The second kappa shape index (κ2) is 8.97. The molecule has 0 radical (unpaired) electrons. The molecular formula is C16H22N4O4. The van der Waals surface area contributed by atoms with Gasteiger partial charge in [-0.1, -0.05) is 0 Å². The number of nitrogens with one attached hydrogen (secondary N) is 1. The highest BCUT2D eigenvalue weighted by Crippen LogP contribution is 2.08. The summed E-state index contributed by atoms with van der Waals surface area (Å²) in [4.78, 5) is 42.6. The van der Waals surface area contributed by atoms with Gasteiger partial charge in [0.2, 0.25) is 6.41 Å². The zero-order chi connectivity index (χ0) is 17.4. The Morgan fingerprint density at radius 1 is 1.33 bits per heavy atom. The summed E-state index contributed by atoms with van der Waals surface area (Å²) in [5.74, 6) is -0.470. The maximum absolute atomic E-state index is 12.5. The van der Waals surface area contributed by atoms with E-state index in [9.17, 15) is 14.4 Å². The highest BCUT2D eigenvalue weighted by molar-refractivity contribution is 5.98. The molecule has 0 aliphatic carbocycles. The summed E-state index contributed by atoms with van der Waals surface area (Å²) in [6.45, 7) is 3.03. The normalized spacial score (nSPS) is 14.4. The van der Waals surface area contributed by atoms with Crippen molar-refractivity contribution < 1.29 is 19.1 Å². The lowest BCUT2D eigenvalue weighted by Gasteiger charge is -2.32. The number of carbonyl (C=O) groups is 3. The fraction of sp³-hybridized carbons (Fsp3) is 0.500. The number of hydrogen-bond acceptors (Lipinski definition) is 5. The van der Waals surface area contributed by atoms with Crippen LogP contribution in [0.15, 0.2) is 18.3 Å². The Morgan fingerprint density at radius 3 is 2.75 bits per heavy atom. The van der Waals surface area contributed by atoms with E-state index in [0.29, 0.717) is 44.9 Å². The molecule has 0 spiro atoms. The number of rotatable bonds is 7. The van der Waals surface area contributed by atoms with Crippen molar-refractivity contribution in [3.8, 4) is 0 Å². The number of ether oxygens (including phenoxy) is 1. The lowest BCUT2D eigenvalue weighted by Crippen LogP contribution is -2.48. The Labute approximate surface area is 140 Å². The Balaban J connectivity index is 1.95. The first kappa shape index (κ1) is 17.9. The van der Waals surface area contributed by atoms with E-state index in [1.807, 2.05) is 0 Å². The van der Waals surface area contributed by atoms with E-state index in [4.69, 9.17) is 4.74 Å². The average molecular weight is 334 g/mol. The van der Waals surface area contributed by atoms with Crippen LogP contribution in [-0.4, -0.2) is 79.4 Å². The van der Waals surface area contributed by atoms with Gasteiger partial charge in [0.05, 0.1) is 0 Å². The van der Waals surface area contributed by atoms with Crippen molar-refractivity contribution in [1.82, 2.24) is 20.1 Å². The summed E-state index contributed by atoms with van der Waals surface area (Å²) < 4.78 is 4.93. The molecule has 2 heterocycles. The van der Waals surface area contributed by atoms with Crippen LogP contribution in [0.3, 0.4) is 0 Å². The number of carbonyl (C=O) groups excluding carboxylic acids is 3. The number of amides is 3. The van der Waals surface area contributed by atoms with Crippen molar-refractivity contribution >= 4 is 18.2 Å². The molecule has 1 fully saturated rings. The minimum Gasteiger partial charge on any atom is -0.385 e. The molecule has 1 aromatic rings. The molecule has 0 saturated carbocycles. The summed E-state index contributed by atoms with van der Waals surface area (Å²) in [6, 6.07) is 3.08. The number of piperazine rings is 1. The maximum Gasteiger partial charge on any atom is 0.272 e. The van der Waals surface area contributed by atoms with Crippen LogP contribution in [0.5, 0.6) is 0 Å². The summed E-state index contributed by atoms with van der Waals surface area (Å²) in [5, 5.41) is 2.78. The topological polar surface area (TPSA) is 91.8 Å². The second-order valence-corrected chi connectivity index (χ2v) is 5.47. The molecule has 0 atom stereocenters. The highest BCUT2D eigenvalue weighted by atomic mass is 16.5. The molecular weight excluding hydrogens is 312 g/mol. The molecule has 3 amide bonds. The molecule has 24 heavy (non-hydrogen) atoms. The van der Waals surface area contributed by atoms with E-state index in [-0.39, 0.29) is 17.5 Å². The summed E-state index contributed by atoms with van der Waals surface area (Å²) in [7, 11) is 1.61. The minimum atomic E-state index is -0.242. The first-order chi connectivity index (χ1) is 11.7. The van der Waals surface area contributed by atoms with E-state index >= 15 is 0 Å². The molecule has 8 nitrogen and oxygen atoms in total. The van der Waals surface area contributed by atoms with Crippen LogP contribution in [0.25, 0.3) is 0 Å². The molecule has 1 aromatic heterocycles. The highest BCUT2D eigenvalue weighted by Gasteiger charge is 2.22. The summed E-state index contributed by atoms with van der Waals surface area (Å²) >= 11 is 0. The van der Waals surface area contributed by atoms with Crippen LogP contribution < -0.4 is 5.32 Å². The molecule has 1 aliphatic rings. The van der Waals surface area contributed by atoms with Gasteiger partial charge in [0.1, 0.15) is 5.69 Å². The first-order valence-corrected chi connectivity index (χ1v) is 7.87.